The van der Waals surface area contributed by atoms with Crippen LogP contribution in [-0.2, 0) is 20.8 Å². The van der Waals surface area contributed by atoms with Gasteiger partial charge in [-0.3, -0.25) is 9.59 Å². The molecule has 0 aliphatic carbocycles. The van der Waals surface area contributed by atoms with Crippen LogP contribution in [0.3, 0.4) is 0 Å². The van der Waals surface area contributed by atoms with Gasteiger partial charge in [-0.05, 0) is 61.0 Å². The van der Waals surface area contributed by atoms with E-state index in [-0.39, 0.29) is 12.8 Å². The van der Waals surface area contributed by atoms with Crippen molar-refractivity contribution in [1.82, 2.24) is 10.6 Å². The van der Waals surface area contributed by atoms with Gasteiger partial charge in [-0.2, -0.15) is 23.5 Å². The minimum atomic E-state index is -1.12. The number of nitrogens with two attached hydrogens (primary N) is 1. The number of aliphatic carboxylic acids is 1. The summed E-state index contributed by atoms with van der Waals surface area (Å²) in [6, 6.07) is 2.91. The largest absolute Gasteiger partial charge is 0.480 e. The second-order valence-corrected chi connectivity index (χ2v) is 8.44. The molecule has 0 fully saturated rings. The topological polar surface area (TPSA) is 122 Å². The Morgan fingerprint density at radius 3 is 2.21 bits per heavy atom. The number of hydrogen-bond donors (Lipinski definition) is 4. The lowest BCUT2D eigenvalue weighted by atomic mass is 10.0. The van der Waals surface area contributed by atoms with Crippen molar-refractivity contribution in [2.45, 2.75) is 37.4 Å². The van der Waals surface area contributed by atoms with Crippen LogP contribution in [0.25, 0.3) is 0 Å². The maximum Gasteiger partial charge on any atom is 0.326 e. The lowest BCUT2D eigenvalue weighted by Gasteiger charge is -2.22. The van der Waals surface area contributed by atoms with Crippen LogP contribution in [0.5, 0.6) is 0 Å². The van der Waals surface area contributed by atoms with E-state index in [0.717, 1.165) is 0 Å². The molecule has 7 nitrogen and oxygen atoms in total. The molecule has 162 valence electrons. The van der Waals surface area contributed by atoms with Crippen molar-refractivity contribution in [3.63, 3.8) is 0 Å². The van der Waals surface area contributed by atoms with Gasteiger partial charge < -0.3 is 21.5 Å². The smallest absolute Gasteiger partial charge is 0.326 e. The van der Waals surface area contributed by atoms with E-state index in [0.29, 0.717) is 23.5 Å². The first-order chi connectivity index (χ1) is 13.8. The molecule has 2 amide bonds. The van der Waals surface area contributed by atoms with E-state index in [1.807, 2.05) is 12.5 Å². The van der Waals surface area contributed by atoms with E-state index >= 15 is 0 Å². The quantitative estimate of drug-likeness (QED) is 0.361. The van der Waals surface area contributed by atoms with Crippen molar-refractivity contribution in [2.75, 3.05) is 24.0 Å². The van der Waals surface area contributed by atoms with E-state index in [1.165, 1.54) is 41.7 Å². The van der Waals surface area contributed by atoms with Crippen LogP contribution < -0.4 is 16.4 Å². The second kappa shape index (κ2) is 13.4. The van der Waals surface area contributed by atoms with Crippen molar-refractivity contribution in [2.24, 2.45) is 5.73 Å². The molecule has 0 saturated carbocycles. The van der Waals surface area contributed by atoms with Crippen LogP contribution in [0, 0.1) is 5.82 Å². The lowest BCUT2D eigenvalue weighted by molar-refractivity contribution is -0.142. The third-order valence-corrected chi connectivity index (χ3v) is 5.44. The summed E-state index contributed by atoms with van der Waals surface area (Å²) in [4.78, 5) is 36.4. The molecule has 0 bridgehead atoms. The van der Waals surface area contributed by atoms with Crippen molar-refractivity contribution in [1.29, 1.82) is 0 Å². The molecular weight excluding hydrogens is 417 g/mol. The highest BCUT2D eigenvalue weighted by Crippen LogP contribution is 2.08. The van der Waals surface area contributed by atoms with Crippen LogP contribution in [0.1, 0.15) is 18.4 Å². The molecule has 1 aromatic rings. The molecule has 0 saturated heterocycles. The standard InChI is InChI=1S/C19H28FN3O4S2/c1-28-8-6-15(18(25)23-16(19(26)27)7-9-29-2)22-17(24)14(21)11-12-4-3-5-13(20)10-12/h3-5,10,14-16H,6-9,11,21H2,1-2H3,(H,22,24)(H,23,25)(H,26,27)/t14-,15-,16-/m0/s1. The number of carboxylic acids is 1. The summed E-state index contributed by atoms with van der Waals surface area (Å²) in [5.41, 5.74) is 6.49. The van der Waals surface area contributed by atoms with E-state index < -0.39 is 41.7 Å². The number of carbonyl (C=O) groups excluding carboxylic acids is 2. The molecule has 0 aliphatic rings. The Morgan fingerprint density at radius 1 is 1.07 bits per heavy atom. The first-order valence-electron chi connectivity index (χ1n) is 9.10. The van der Waals surface area contributed by atoms with Gasteiger partial charge in [-0.1, -0.05) is 12.1 Å². The summed E-state index contributed by atoms with van der Waals surface area (Å²) in [6.07, 6.45) is 4.45. The molecule has 1 rings (SSSR count). The van der Waals surface area contributed by atoms with Gasteiger partial charge in [0.1, 0.15) is 17.9 Å². The summed E-state index contributed by atoms with van der Waals surface area (Å²) in [5.74, 6) is -1.47. The summed E-state index contributed by atoms with van der Waals surface area (Å²) in [6.45, 7) is 0. The summed E-state index contributed by atoms with van der Waals surface area (Å²) < 4.78 is 13.3. The minimum Gasteiger partial charge on any atom is -0.480 e. The molecule has 0 unspecified atom stereocenters. The zero-order chi connectivity index (χ0) is 21.8. The molecule has 0 spiro atoms. The van der Waals surface area contributed by atoms with Crippen LogP contribution in [0.4, 0.5) is 4.39 Å². The van der Waals surface area contributed by atoms with Crippen LogP contribution >= 0.6 is 23.5 Å². The number of benzene rings is 1. The third-order valence-electron chi connectivity index (χ3n) is 4.15. The predicted octanol–water partition coefficient (Wildman–Crippen LogP) is 1.26. The van der Waals surface area contributed by atoms with Gasteiger partial charge in [-0.15, -0.1) is 0 Å². The Morgan fingerprint density at radius 2 is 1.66 bits per heavy atom. The molecule has 0 heterocycles. The van der Waals surface area contributed by atoms with Gasteiger partial charge in [0.25, 0.3) is 0 Å². The zero-order valence-corrected chi connectivity index (χ0v) is 18.2. The molecule has 0 aliphatic heterocycles. The van der Waals surface area contributed by atoms with Gasteiger partial charge in [0.2, 0.25) is 11.8 Å². The molecule has 3 atom stereocenters. The summed E-state index contributed by atoms with van der Waals surface area (Å²) in [7, 11) is 0. The zero-order valence-electron chi connectivity index (χ0n) is 16.5. The molecule has 29 heavy (non-hydrogen) atoms. The summed E-state index contributed by atoms with van der Waals surface area (Å²) >= 11 is 2.98. The van der Waals surface area contributed by atoms with Crippen LogP contribution in [0.15, 0.2) is 24.3 Å². The Labute approximate surface area is 178 Å². The van der Waals surface area contributed by atoms with Gasteiger partial charge in [0, 0.05) is 0 Å². The van der Waals surface area contributed by atoms with Crippen molar-refractivity contribution >= 4 is 41.3 Å². The average Bonchev–Trinajstić information content (AvgIpc) is 2.67. The number of hydrogen-bond acceptors (Lipinski definition) is 6. The SMILES string of the molecule is CSCC[C@H](NC(=O)[C@H](CCSC)NC(=O)[C@@H](N)Cc1cccc(F)c1)C(=O)O. The van der Waals surface area contributed by atoms with Crippen LogP contribution in [0.2, 0.25) is 0 Å². The maximum atomic E-state index is 13.3. The Hall–Kier alpha value is -1.78. The molecule has 5 N–H and O–H groups in total. The number of nitrogens with one attached hydrogen (secondary N) is 2. The Kier molecular flexibility index (Phi) is 11.7. The number of carboxylic acid groups (broad SMARTS) is 1. The Bertz CT molecular complexity index is 693. The number of amides is 2. The van der Waals surface area contributed by atoms with E-state index in [2.05, 4.69) is 10.6 Å². The van der Waals surface area contributed by atoms with Gasteiger partial charge >= 0.3 is 5.97 Å². The Balaban J connectivity index is 2.75. The fourth-order valence-corrected chi connectivity index (χ4v) is 3.50. The fourth-order valence-electron chi connectivity index (χ4n) is 2.56. The lowest BCUT2D eigenvalue weighted by Crippen LogP contribution is -2.55. The number of carbonyl (C=O) groups is 3. The number of thioether (sulfide) groups is 2. The van der Waals surface area contributed by atoms with Crippen LogP contribution in [-0.4, -0.2) is 65.0 Å². The first kappa shape index (κ1) is 25.3. The molecule has 0 aromatic heterocycles. The van der Waals surface area contributed by atoms with Crippen molar-refractivity contribution in [3.8, 4) is 0 Å². The molecule has 10 heteroatoms. The molecule has 0 radical (unpaired) electrons. The number of rotatable bonds is 13. The fraction of sp³-hybridized carbons (Fsp3) is 0.526. The minimum absolute atomic E-state index is 0.117. The van der Waals surface area contributed by atoms with Gasteiger partial charge in [0.15, 0.2) is 0 Å². The van der Waals surface area contributed by atoms with E-state index in [1.54, 1.807) is 6.07 Å². The highest BCUT2D eigenvalue weighted by Gasteiger charge is 2.27. The monoisotopic (exact) mass is 445 g/mol. The average molecular weight is 446 g/mol. The molecular formula is C19H28FN3O4S2. The maximum absolute atomic E-state index is 13.3. The van der Waals surface area contributed by atoms with E-state index in [9.17, 15) is 23.9 Å². The number of halogens is 1. The highest BCUT2D eigenvalue weighted by atomic mass is 32.2. The summed E-state index contributed by atoms with van der Waals surface area (Å²) in [5, 5.41) is 14.4. The third kappa shape index (κ3) is 9.51. The molecule has 1 aromatic carbocycles. The van der Waals surface area contributed by atoms with Gasteiger partial charge in [0.05, 0.1) is 6.04 Å². The normalized spacial score (nSPS) is 13.9. The van der Waals surface area contributed by atoms with E-state index in [4.69, 9.17) is 5.73 Å². The highest BCUT2D eigenvalue weighted by molar-refractivity contribution is 7.98. The van der Waals surface area contributed by atoms with Crippen molar-refractivity contribution < 1.29 is 23.9 Å². The van der Waals surface area contributed by atoms with Crippen molar-refractivity contribution in [3.05, 3.63) is 35.6 Å². The van der Waals surface area contributed by atoms with Gasteiger partial charge in [-0.25, -0.2) is 9.18 Å². The first-order valence-corrected chi connectivity index (χ1v) is 11.9. The second-order valence-electron chi connectivity index (χ2n) is 6.46. The predicted molar refractivity (Wildman–Crippen MR) is 116 cm³/mol.